The Morgan fingerprint density at radius 2 is 1.78 bits per heavy atom. The molecule has 4 aliphatic heterocycles. The number of ether oxygens (including phenoxy) is 7. The van der Waals surface area contributed by atoms with Crippen molar-refractivity contribution in [3.05, 3.63) is 11.3 Å². The van der Waals surface area contributed by atoms with Crippen molar-refractivity contribution < 1.29 is 58.4 Å². The predicted octanol–water partition coefficient (Wildman–Crippen LogP) is 2.55. The first-order valence-electron chi connectivity index (χ1n) is 18.4. The Bertz CT molecular complexity index is 1290. The second-order valence-electron chi connectivity index (χ2n) is 16.0. The van der Waals surface area contributed by atoms with Gasteiger partial charge in [0.25, 0.3) is 0 Å². The maximum atomic E-state index is 14.3. The van der Waals surface area contributed by atoms with E-state index in [4.69, 9.17) is 39.6 Å². The molecule has 2 bridgehead atoms. The molecule has 0 spiro atoms. The molecule has 0 aromatic rings. The van der Waals surface area contributed by atoms with Crippen LogP contribution in [-0.2, 0) is 38.0 Å². The van der Waals surface area contributed by atoms with E-state index in [2.05, 4.69) is 11.2 Å². The normalized spacial score (nSPS) is 45.5. The van der Waals surface area contributed by atoms with E-state index >= 15 is 0 Å². The molecular weight excluding hydrogens is 662 g/mol. The smallest absolute Gasteiger partial charge is 0.311 e. The molecule has 13 nitrogen and oxygen atoms in total. The van der Waals surface area contributed by atoms with Crippen molar-refractivity contribution in [3.8, 4) is 12.3 Å². The van der Waals surface area contributed by atoms with Crippen LogP contribution in [0.25, 0.3) is 0 Å². The van der Waals surface area contributed by atoms with E-state index in [1.807, 2.05) is 27.7 Å². The van der Waals surface area contributed by atoms with E-state index in [1.165, 1.54) is 14.0 Å². The van der Waals surface area contributed by atoms with E-state index in [0.29, 0.717) is 18.6 Å². The Balaban J connectivity index is 1.82. The highest BCUT2D eigenvalue weighted by molar-refractivity contribution is 5.73. The van der Waals surface area contributed by atoms with Crippen LogP contribution in [0.5, 0.6) is 0 Å². The third-order valence-electron chi connectivity index (χ3n) is 11.8. The van der Waals surface area contributed by atoms with E-state index in [-0.39, 0.29) is 25.5 Å². The molecule has 0 saturated carbocycles. The zero-order chi connectivity index (χ0) is 38.2. The maximum Gasteiger partial charge on any atom is 0.311 e. The minimum Gasteiger partial charge on any atom is -0.488 e. The number of nitrogens with one attached hydrogen (secondary N) is 1. The summed E-state index contributed by atoms with van der Waals surface area (Å²) < 4.78 is 44.7. The van der Waals surface area contributed by atoms with E-state index in [1.54, 1.807) is 34.6 Å². The van der Waals surface area contributed by atoms with Gasteiger partial charge in [-0.15, -0.1) is 6.42 Å². The summed E-state index contributed by atoms with van der Waals surface area (Å²) in [4.78, 5) is 14.3. The average Bonchev–Trinajstić information content (AvgIpc) is 3.39. The Kier molecular flexibility index (Phi) is 13.4. The van der Waals surface area contributed by atoms with Crippen molar-refractivity contribution in [2.24, 2.45) is 17.8 Å². The largest absolute Gasteiger partial charge is 0.488 e. The number of fused-ring (bicyclic) bond motifs is 2. The minimum absolute atomic E-state index is 0.158. The first-order valence-corrected chi connectivity index (χ1v) is 18.4. The van der Waals surface area contributed by atoms with Gasteiger partial charge in [0.1, 0.15) is 41.4 Å². The van der Waals surface area contributed by atoms with Crippen LogP contribution >= 0.6 is 0 Å². The molecule has 292 valence electrons. The van der Waals surface area contributed by atoms with E-state index < -0.39 is 102 Å². The number of terminal acetylenes is 1. The zero-order valence-electron chi connectivity index (χ0n) is 32.3. The molecule has 0 radical (unpaired) electrons. The van der Waals surface area contributed by atoms with Gasteiger partial charge >= 0.3 is 5.97 Å². The first-order chi connectivity index (χ1) is 23.7. The standard InChI is InChI=1S/C38H63NO12/c1-13-15-39-25-16-20(4)46-35(28(25)41)50-32-22(6)30(48-27-18-36(9,45-12)31(42)24(8)47-27)23(7)34(43)49-33(38(11,44)26(40)14-2)21(5)29-19(3)17-37(32,10)51-29/h1,20-28,30-33,35,39-42,44H,14-18H2,2-12H3/t20?,21-,22-,23+,24?,25?,26+,27-,28?,30-,31-,32+,33+,35-,36?,37-,38+/m0/s1. The molecule has 0 amide bonds. The monoisotopic (exact) mass is 725 g/mol. The number of rotatable bonds is 10. The molecule has 13 heteroatoms. The molecule has 4 heterocycles. The summed E-state index contributed by atoms with van der Waals surface area (Å²) in [6, 6.07) is -0.398. The van der Waals surface area contributed by atoms with Crippen molar-refractivity contribution in [2.75, 3.05) is 13.7 Å². The van der Waals surface area contributed by atoms with Gasteiger partial charge in [-0.05, 0) is 66.9 Å². The highest BCUT2D eigenvalue weighted by atomic mass is 16.7. The van der Waals surface area contributed by atoms with Crippen molar-refractivity contribution in [1.82, 2.24) is 5.32 Å². The van der Waals surface area contributed by atoms with Crippen LogP contribution in [0.1, 0.15) is 94.9 Å². The second-order valence-corrected chi connectivity index (χ2v) is 16.0. The van der Waals surface area contributed by atoms with Gasteiger partial charge in [-0.25, -0.2) is 0 Å². The number of hydrogen-bond donors (Lipinski definition) is 5. The number of esters is 1. The van der Waals surface area contributed by atoms with Gasteiger partial charge in [-0.2, -0.15) is 0 Å². The lowest BCUT2D eigenvalue weighted by molar-refractivity contribution is -0.314. The average molecular weight is 726 g/mol. The van der Waals surface area contributed by atoms with Gasteiger partial charge in [0.05, 0.1) is 48.4 Å². The summed E-state index contributed by atoms with van der Waals surface area (Å²) in [5.74, 6) is 0.186. The number of carbonyl (C=O) groups excluding carboxylic acids is 1. The summed E-state index contributed by atoms with van der Waals surface area (Å²) in [5, 5.41) is 48.3. The molecule has 17 atom stereocenters. The molecule has 4 aliphatic rings. The fourth-order valence-corrected chi connectivity index (χ4v) is 8.63. The van der Waals surface area contributed by atoms with Gasteiger partial charge in [0, 0.05) is 31.9 Å². The lowest BCUT2D eigenvalue weighted by Crippen LogP contribution is -2.60. The van der Waals surface area contributed by atoms with Crippen molar-refractivity contribution in [2.45, 2.75) is 179 Å². The fraction of sp³-hybridized carbons (Fsp3) is 0.868. The molecule has 3 saturated heterocycles. The zero-order valence-corrected chi connectivity index (χ0v) is 32.3. The first kappa shape index (κ1) is 41.9. The van der Waals surface area contributed by atoms with Gasteiger partial charge in [0.2, 0.25) is 0 Å². The van der Waals surface area contributed by atoms with E-state index in [9.17, 15) is 25.2 Å². The number of methoxy groups -OCH3 is 1. The maximum absolute atomic E-state index is 14.3. The third kappa shape index (κ3) is 8.46. The summed E-state index contributed by atoms with van der Waals surface area (Å²) in [7, 11) is 1.52. The van der Waals surface area contributed by atoms with E-state index in [0.717, 1.165) is 5.57 Å². The van der Waals surface area contributed by atoms with Crippen LogP contribution in [-0.4, -0.2) is 124 Å². The van der Waals surface area contributed by atoms with Gasteiger partial charge in [0.15, 0.2) is 12.6 Å². The summed E-state index contributed by atoms with van der Waals surface area (Å²) in [6.07, 6.45) is -2.28. The summed E-state index contributed by atoms with van der Waals surface area (Å²) in [6.45, 7) is 18.1. The lowest BCUT2D eigenvalue weighted by Gasteiger charge is -2.48. The molecule has 0 aromatic carbocycles. The van der Waals surface area contributed by atoms with Gasteiger partial charge < -0.3 is 58.9 Å². The van der Waals surface area contributed by atoms with Gasteiger partial charge in [-0.3, -0.25) is 4.79 Å². The lowest BCUT2D eigenvalue weighted by atomic mass is 9.78. The number of hydrogen-bond acceptors (Lipinski definition) is 13. The Hall–Kier alpha value is -1.83. The quantitative estimate of drug-likeness (QED) is 0.164. The van der Waals surface area contributed by atoms with Crippen molar-refractivity contribution in [3.63, 3.8) is 0 Å². The third-order valence-corrected chi connectivity index (χ3v) is 11.8. The van der Waals surface area contributed by atoms with Crippen LogP contribution in [0.15, 0.2) is 11.3 Å². The highest BCUT2D eigenvalue weighted by Gasteiger charge is 2.56. The fourth-order valence-electron chi connectivity index (χ4n) is 8.63. The highest BCUT2D eigenvalue weighted by Crippen LogP contribution is 2.48. The second kappa shape index (κ2) is 16.3. The van der Waals surface area contributed by atoms with Crippen LogP contribution < -0.4 is 5.32 Å². The Morgan fingerprint density at radius 3 is 2.39 bits per heavy atom. The van der Waals surface area contributed by atoms with Crippen LogP contribution in [0.2, 0.25) is 0 Å². The Morgan fingerprint density at radius 1 is 1.12 bits per heavy atom. The van der Waals surface area contributed by atoms with Crippen LogP contribution in [0, 0.1) is 30.1 Å². The van der Waals surface area contributed by atoms with Crippen LogP contribution in [0.4, 0.5) is 0 Å². The Labute approximate surface area is 303 Å². The topological polar surface area (TPSA) is 175 Å². The van der Waals surface area contributed by atoms with Crippen molar-refractivity contribution >= 4 is 5.97 Å². The number of aliphatic hydroxyl groups excluding tert-OH is 3. The molecule has 4 rings (SSSR count). The number of aliphatic hydroxyl groups is 4. The van der Waals surface area contributed by atoms with Crippen LogP contribution in [0.3, 0.4) is 0 Å². The van der Waals surface area contributed by atoms with Gasteiger partial charge in [-0.1, -0.05) is 26.7 Å². The summed E-state index contributed by atoms with van der Waals surface area (Å²) >= 11 is 0. The molecular formula is C38H63NO12. The molecule has 0 aliphatic carbocycles. The number of carbonyl (C=O) groups is 1. The molecule has 0 aromatic heterocycles. The SMILES string of the molecule is C#CCNC1CC(C)O[C@@H](O[C@@H]2[C@@H](C)[C@H](O[C@H]3CC(C)(OC)[C@@H](O)C(C)O3)[C@@H](C)C(=O)O[C@@H]([C@](C)(O)[C@H](O)CC)[C@@H](C)C3=C(C)C[C@]2(C)O3)C1O. The predicted molar refractivity (Wildman–Crippen MR) is 187 cm³/mol. The number of cyclic esters (lactones) is 1. The van der Waals surface area contributed by atoms with Crippen molar-refractivity contribution in [1.29, 1.82) is 0 Å². The molecule has 5 N–H and O–H groups in total. The molecule has 3 fully saturated rings. The summed E-state index contributed by atoms with van der Waals surface area (Å²) in [5.41, 5.74) is -3.03. The molecule has 51 heavy (non-hydrogen) atoms. The molecule has 5 unspecified atom stereocenters. The minimum atomic E-state index is -1.83.